The number of carbonyl (C=O) groups excluding carboxylic acids is 3. The van der Waals surface area contributed by atoms with Crippen LogP contribution in [0, 0.1) is 17.8 Å². The minimum Gasteiger partial charge on any atom is -0.461 e. The second-order valence-corrected chi connectivity index (χ2v) is 13.7. The lowest BCUT2D eigenvalue weighted by Gasteiger charge is -2.41. The minimum atomic E-state index is -0.793. The van der Waals surface area contributed by atoms with E-state index in [1.54, 1.807) is 27.6 Å². The molecule has 4 saturated heterocycles. The molecule has 0 radical (unpaired) electrons. The molecule has 2 bridgehead atoms. The average Bonchev–Trinajstić information content (AvgIpc) is 3.53. The van der Waals surface area contributed by atoms with Crippen molar-refractivity contribution in [3.05, 3.63) is 25.3 Å². The molecule has 4 fully saturated rings. The van der Waals surface area contributed by atoms with Gasteiger partial charge in [0.25, 0.3) is 0 Å². The molecule has 1 N–H and O–H groups in total. The number of esters is 1. The summed E-state index contributed by atoms with van der Waals surface area (Å²) in [6.45, 7) is 15.9. The minimum absolute atomic E-state index is 0.0289. The van der Waals surface area contributed by atoms with Crippen molar-refractivity contribution in [2.75, 3.05) is 59.2 Å². The molecule has 4 aliphatic heterocycles. The predicted octanol–water partition coefficient (Wildman–Crippen LogP) is 1.93. The fraction of sp³-hybridized carbons (Fsp3) is 0.750. The van der Waals surface area contributed by atoms with Crippen molar-refractivity contribution in [2.24, 2.45) is 17.8 Å². The number of nitrogens with zero attached hydrogens (tertiary/aromatic N) is 3. The summed E-state index contributed by atoms with van der Waals surface area (Å²) in [5.41, 5.74) is 0. The Hall–Kier alpha value is -1.40. The fourth-order valence-corrected chi connectivity index (χ4v) is 10.3. The normalized spacial score (nSPS) is 33.5. The van der Waals surface area contributed by atoms with E-state index in [-0.39, 0.29) is 41.0 Å². The van der Waals surface area contributed by atoms with Gasteiger partial charge in [0, 0.05) is 42.8 Å². The lowest BCUT2D eigenvalue weighted by Crippen LogP contribution is -2.59. The Bertz CT molecular complexity index is 948. The van der Waals surface area contributed by atoms with E-state index in [2.05, 4.69) is 34.0 Å². The number of aliphatic hydroxyl groups excluding tert-OH is 1. The highest BCUT2D eigenvalue weighted by Crippen LogP contribution is 2.68. The van der Waals surface area contributed by atoms with E-state index in [0.717, 1.165) is 19.5 Å². The van der Waals surface area contributed by atoms with Crippen LogP contribution in [0.15, 0.2) is 25.3 Å². The molecule has 0 aromatic carbocycles. The molecule has 0 aliphatic carbocycles. The zero-order chi connectivity index (χ0) is 28.3. The number of amides is 2. The van der Waals surface area contributed by atoms with Crippen molar-refractivity contribution < 1.29 is 29.0 Å². The molecule has 9 nitrogen and oxygen atoms in total. The number of fused-ring (bicyclic) bond motifs is 1. The van der Waals surface area contributed by atoms with Crippen LogP contribution in [-0.4, -0.2) is 124 Å². The van der Waals surface area contributed by atoms with Crippen molar-refractivity contribution >= 4 is 45.5 Å². The Kier molecular flexibility index (Phi) is 10.2. The Morgan fingerprint density at radius 3 is 2.67 bits per heavy atom. The fourth-order valence-electron chi connectivity index (χ4n) is 6.73. The van der Waals surface area contributed by atoms with E-state index in [4.69, 9.17) is 9.47 Å². The summed E-state index contributed by atoms with van der Waals surface area (Å²) in [5.74, 6) is -2.18. The SMILES string of the molecule is C=CCOC(=O)[C@H]1[C@@H]2SC3(CC2Br)C(C(=O)N(CC=C)CCN2CCOCC2)N([C@@H](CO)[C@@H](C)CC)C(=O)[C@H]13. The van der Waals surface area contributed by atoms with Crippen molar-refractivity contribution in [1.29, 1.82) is 0 Å². The lowest BCUT2D eigenvalue weighted by atomic mass is 9.71. The molecular formula is C28H42BrN3O6S. The molecule has 8 atom stereocenters. The van der Waals surface area contributed by atoms with E-state index < -0.39 is 34.6 Å². The third-order valence-corrected chi connectivity index (χ3v) is 12.1. The number of likely N-dealkylation sites (tertiary alicyclic amines) is 1. The number of hydrogen-bond donors (Lipinski definition) is 1. The third-order valence-electron chi connectivity index (χ3n) is 8.87. The summed E-state index contributed by atoms with van der Waals surface area (Å²) in [6, 6.07) is -1.32. The highest BCUT2D eigenvalue weighted by Gasteiger charge is 2.76. The van der Waals surface area contributed by atoms with Gasteiger partial charge in [-0.2, -0.15) is 0 Å². The number of carbonyl (C=O) groups is 3. The molecule has 11 heteroatoms. The quantitative estimate of drug-likeness (QED) is 0.188. The Morgan fingerprint density at radius 2 is 2.05 bits per heavy atom. The third kappa shape index (κ3) is 5.58. The number of rotatable bonds is 13. The first-order chi connectivity index (χ1) is 18.7. The van der Waals surface area contributed by atoms with Gasteiger partial charge >= 0.3 is 5.97 Å². The molecule has 218 valence electrons. The van der Waals surface area contributed by atoms with Gasteiger partial charge in [0.05, 0.1) is 42.4 Å². The van der Waals surface area contributed by atoms with Crippen molar-refractivity contribution in [1.82, 2.24) is 14.7 Å². The maximum absolute atomic E-state index is 14.6. The number of alkyl halides is 1. The molecular weight excluding hydrogens is 586 g/mol. The summed E-state index contributed by atoms with van der Waals surface area (Å²) in [4.78, 5) is 47.9. The molecule has 39 heavy (non-hydrogen) atoms. The predicted molar refractivity (Wildman–Crippen MR) is 155 cm³/mol. The standard InChI is InChI=1S/C28H42BrN3O6S/c1-5-8-31(10-9-30-11-14-37-15-12-30)26(35)24-28-16-19(29)23(39-28)21(27(36)38-13-6-2)22(28)25(34)32(24)20(17-33)18(4)7-3/h5-6,18-24,33H,1-2,7-17H2,3-4H3/t18-,19?,20-,21+,22-,23+,24?,28?/m0/s1. The summed E-state index contributed by atoms with van der Waals surface area (Å²) in [5, 5.41) is 10.3. The van der Waals surface area contributed by atoms with Gasteiger partial charge in [0.15, 0.2) is 0 Å². The Labute approximate surface area is 244 Å². The van der Waals surface area contributed by atoms with Crippen LogP contribution in [0.3, 0.4) is 0 Å². The molecule has 3 unspecified atom stereocenters. The van der Waals surface area contributed by atoms with Gasteiger partial charge in [-0.3, -0.25) is 19.3 Å². The highest BCUT2D eigenvalue weighted by atomic mass is 79.9. The van der Waals surface area contributed by atoms with E-state index in [1.165, 1.54) is 6.08 Å². The van der Waals surface area contributed by atoms with Crippen molar-refractivity contribution in [3.63, 3.8) is 0 Å². The molecule has 4 rings (SSSR count). The van der Waals surface area contributed by atoms with Crippen LogP contribution in [0.4, 0.5) is 0 Å². The van der Waals surface area contributed by atoms with Gasteiger partial charge in [-0.25, -0.2) is 0 Å². The van der Waals surface area contributed by atoms with Gasteiger partial charge in [-0.05, 0) is 12.3 Å². The van der Waals surface area contributed by atoms with Crippen LogP contribution in [0.2, 0.25) is 0 Å². The second kappa shape index (κ2) is 13.1. The maximum atomic E-state index is 14.6. The maximum Gasteiger partial charge on any atom is 0.311 e. The van der Waals surface area contributed by atoms with Crippen molar-refractivity contribution in [2.45, 2.75) is 53.6 Å². The van der Waals surface area contributed by atoms with E-state index >= 15 is 0 Å². The van der Waals surface area contributed by atoms with E-state index in [1.807, 2.05) is 13.8 Å². The van der Waals surface area contributed by atoms with Crippen LogP contribution >= 0.6 is 27.7 Å². The van der Waals surface area contributed by atoms with Gasteiger partial charge in [-0.1, -0.05) is 54.9 Å². The zero-order valence-corrected chi connectivity index (χ0v) is 25.4. The molecule has 4 heterocycles. The molecule has 1 spiro atoms. The molecule has 4 aliphatic rings. The monoisotopic (exact) mass is 627 g/mol. The van der Waals surface area contributed by atoms with E-state index in [0.29, 0.717) is 39.3 Å². The highest BCUT2D eigenvalue weighted by molar-refractivity contribution is 9.09. The van der Waals surface area contributed by atoms with Gasteiger partial charge < -0.3 is 24.4 Å². The number of halogens is 1. The largest absolute Gasteiger partial charge is 0.461 e. The van der Waals surface area contributed by atoms with E-state index in [9.17, 15) is 19.5 Å². The number of ether oxygens (including phenoxy) is 2. The number of thioether (sulfide) groups is 1. The van der Waals surface area contributed by atoms with Gasteiger partial charge in [-0.15, -0.1) is 18.3 Å². The molecule has 2 amide bonds. The Morgan fingerprint density at radius 1 is 1.33 bits per heavy atom. The first kappa shape index (κ1) is 30.6. The van der Waals surface area contributed by atoms with Crippen LogP contribution in [-0.2, 0) is 23.9 Å². The first-order valence-corrected chi connectivity index (χ1v) is 15.8. The van der Waals surface area contributed by atoms with Crippen LogP contribution in [0.25, 0.3) is 0 Å². The summed E-state index contributed by atoms with van der Waals surface area (Å²) in [7, 11) is 0. The number of morpholine rings is 1. The molecule has 0 aromatic heterocycles. The number of hydrogen-bond acceptors (Lipinski definition) is 8. The molecule has 0 aromatic rings. The number of aliphatic hydroxyl groups is 1. The molecule has 0 saturated carbocycles. The summed E-state index contributed by atoms with van der Waals surface area (Å²) >= 11 is 5.36. The first-order valence-electron chi connectivity index (χ1n) is 14.0. The topological polar surface area (TPSA) is 99.6 Å². The van der Waals surface area contributed by atoms with Gasteiger partial charge in [0.2, 0.25) is 11.8 Å². The van der Waals surface area contributed by atoms with Crippen LogP contribution < -0.4 is 0 Å². The Balaban J connectivity index is 1.72. The van der Waals surface area contributed by atoms with Crippen LogP contribution in [0.1, 0.15) is 26.7 Å². The lowest BCUT2D eigenvalue weighted by molar-refractivity contribution is -0.153. The van der Waals surface area contributed by atoms with Crippen molar-refractivity contribution in [3.8, 4) is 0 Å². The smallest absolute Gasteiger partial charge is 0.311 e. The summed E-state index contributed by atoms with van der Waals surface area (Å²) < 4.78 is 10.2. The summed E-state index contributed by atoms with van der Waals surface area (Å²) in [6.07, 6.45) is 4.55. The second-order valence-electron chi connectivity index (χ2n) is 11.0. The van der Waals surface area contributed by atoms with Gasteiger partial charge in [0.1, 0.15) is 12.6 Å². The average molecular weight is 629 g/mol. The van der Waals surface area contributed by atoms with Crippen LogP contribution in [0.5, 0.6) is 0 Å². The zero-order valence-electron chi connectivity index (χ0n) is 23.0.